The SMILES string of the molecule is CCCC(NC(=O)C(CCSC)NC=O)C(=O)NC(Cc1ccncc1)C(=O)C(C)C. The lowest BCUT2D eigenvalue weighted by Crippen LogP contribution is -2.55. The van der Waals surface area contributed by atoms with Crippen LogP contribution in [0, 0.1) is 5.92 Å². The number of pyridine rings is 1. The first-order valence-corrected chi connectivity index (χ1v) is 11.9. The van der Waals surface area contributed by atoms with Crippen molar-refractivity contribution in [1.29, 1.82) is 0 Å². The van der Waals surface area contributed by atoms with E-state index in [4.69, 9.17) is 0 Å². The Bertz CT molecular complexity index is 715. The molecule has 0 saturated carbocycles. The maximum Gasteiger partial charge on any atom is 0.243 e. The van der Waals surface area contributed by atoms with E-state index in [1.165, 1.54) is 0 Å². The number of aromatic nitrogens is 1. The van der Waals surface area contributed by atoms with Crippen LogP contribution < -0.4 is 16.0 Å². The number of nitrogens with zero attached hydrogens (tertiary/aromatic N) is 1. The Morgan fingerprint density at radius 2 is 1.65 bits per heavy atom. The van der Waals surface area contributed by atoms with Crippen molar-refractivity contribution in [3.63, 3.8) is 0 Å². The second-order valence-electron chi connectivity index (χ2n) is 7.65. The number of thioether (sulfide) groups is 1. The van der Waals surface area contributed by atoms with Gasteiger partial charge in [0.1, 0.15) is 12.1 Å². The summed E-state index contributed by atoms with van der Waals surface area (Å²) in [6.07, 6.45) is 7.59. The maximum atomic E-state index is 13.0. The first kappa shape index (κ1) is 26.6. The molecule has 0 aromatic carbocycles. The van der Waals surface area contributed by atoms with Gasteiger partial charge in [0.15, 0.2) is 5.78 Å². The summed E-state index contributed by atoms with van der Waals surface area (Å²) in [6, 6.07) is 1.41. The van der Waals surface area contributed by atoms with Crippen LogP contribution in [0.2, 0.25) is 0 Å². The van der Waals surface area contributed by atoms with Crippen molar-refractivity contribution in [3.05, 3.63) is 30.1 Å². The molecule has 0 aliphatic rings. The van der Waals surface area contributed by atoms with Crippen LogP contribution in [0.1, 0.15) is 45.6 Å². The number of hydrogen-bond donors (Lipinski definition) is 3. The van der Waals surface area contributed by atoms with Crippen LogP contribution in [0.5, 0.6) is 0 Å². The second kappa shape index (κ2) is 14.6. The van der Waals surface area contributed by atoms with Crippen LogP contribution in [-0.2, 0) is 25.6 Å². The molecule has 1 aromatic heterocycles. The third-order valence-corrected chi connectivity index (χ3v) is 5.47. The lowest BCUT2D eigenvalue weighted by atomic mass is 9.95. The summed E-state index contributed by atoms with van der Waals surface area (Å²) < 4.78 is 0. The molecule has 3 atom stereocenters. The van der Waals surface area contributed by atoms with Crippen molar-refractivity contribution in [2.75, 3.05) is 12.0 Å². The fourth-order valence-electron chi connectivity index (χ4n) is 3.09. The minimum Gasteiger partial charge on any atom is -0.347 e. The van der Waals surface area contributed by atoms with Crippen LogP contribution in [0.4, 0.5) is 0 Å². The van der Waals surface area contributed by atoms with E-state index in [1.54, 1.807) is 50.1 Å². The number of rotatable bonds is 15. The number of amides is 3. The highest BCUT2D eigenvalue weighted by Gasteiger charge is 2.29. The molecule has 0 saturated heterocycles. The number of Topliss-reactive ketones (excluding diaryl/α,β-unsaturated/α-hetero) is 1. The molecule has 0 bridgehead atoms. The van der Waals surface area contributed by atoms with Crippen molar-refractivity contribution < 1.29 is 19.2 Å². The molecule has 1 aromatic rings. The lowest BCUT2D eigenvalue weighted by molar-refractivity contribution is -0.133. The number of hydrogen-bond acceptors (Lipinski definition) is 6. The Kier molecular flexibility index (Phi) is 12.5. The molecule has 3 amide bonds. The minimum absolute atomic E-state index is 0.0767. The second-order valence-corrected chi connectivity index (χ2v) is 8.63. The summed E-state index contributed by atoms with van der Waals surface area (Å²) in [6.45, 7) is 5.50. The molecule has 3 unspecified atom stereocenters. The summed E-state index contributed by atoms with van der Waals surface area (Å²) >= 11 is 1.57. The molecule has 9 heteroatoms. The van der Waals surface area contributed by atoms with Crippen LogP contribution in [0.3, 0.4) is 0 Å². The van der Waals surface area contributed by atoms with Crippen molar-refractivity contribution in [3.8, 4) is 0 Å². The average Bonchev–Trinajstić information content (AvgIpc) is 2.75. The third kappa shape index (κ3) is 9.50. The van der Waals surface area contributed by atoms with E-state index in [2.05, 4.69) is 20.9 Å². The van der Waals surface area contributed by atoms with Gasteiger partial charge in [-0.15, -0.1) is 0 Å². The molecular weight excluding hydrogens is 416 g/mol. The van der Waals surface area contributed by atoms with E-state index >= 15 is 0 Å². The van der Waals surface area contributed by atoms with E-state index in [1.807, 2.05) is 13.2 Å². The zero-order valence-corrected chi connectivity index (χ0v) is 19.5. The summed E-state index contributed by atoms with van der Waals surface area (Å²) in [4.78, 5) is 53.2. The topological polar surface area (TPSA) is 117 Å². The monoisotopic (exact) mass is 450 g/mol. The van der Waals surface area contributed by atoms with Gasteiger partial charge in [-0.05, 0) is 49.0 Å². The van der Waals surface area contributed by atoms with Gasteiger partial charge in [0.2, 0.25) is 18.2 Å². The first-order chi connectivity index (χ1) is 14.8. The van der Waals surface area contributed by atoms with Gasteiger partial charge in [0.05, 0.1) is 6.04 Å². The van der Waals surface area contributed by atoms with E-state index in [9.17, 15) is 19.2 Å². The zero-order valence-electron chi connectivity index (χ0n) is 18.7. The highest BCUT2D eigenvalue weighted by Crippen LogP contribution is 2.09. The minimum atomic E-state index is -0.789. The van der Waals surface area contributed by atoms with Gasteiger partial charge in [-0.3, -0.25) is 24.2 Å². The van der Waals surface area contributed by atoms with Gasteiger partial charge in [0, 0.05) is 18.3 Å². The summed E-state index contributed by atoms with van der Waals surface area (Å²) in [7, 11) is 0. The van der Waals surface area contributed by atoms with E-state index < -0.39 is 29.9 Å². The van der Waals surface area contributed by atoms with Crippen LogP contribution >= 0.6 is 11.8 Å². The van der Waals surface area contributed by atoms with E-state index in [0.717, 1.165) is 5.56 Å². The van der Waals surface area contributed by atoms with E-state index in [-0.39, 0.29) is 11.7 Å². The molecule has 3 N–H and O–H groups in total. The Hall–Kier alpha value is -2.42. The fraction of sp³-hybridized carbons (Fsp3) is 0.591. The molecule has 172 valence electrons. The predicted octanol–water partition coefficient (Wildman–Crippen LogP) is 1.49. The molecular formula is C22H34N4O4S. The van der Waals surface area contributed by atoms with Crippen molar-refractivity contribution in [2.24, 2.45) is 5.92 Å². The molecule has 0 radical (unpaired) electrons. The molecule has 31 heavy (non-hydrogen) atoms. The molecule has 0 spiro atoms. The summed E-state index contributed by atoms with van der Waals surface area (Å²) in [5.41, 5.74) is 0.887. The number of nitrogens with one attached hydrogen (secondary N) is 3. The van der Waals surface area contributed by atoms with Crippen LogP contribution in [0.15, 0.2) is 24.5 Å². The Morgan fingerprint density at radius 3 is 2.19 bits per heavy atom. The average molecular weight is 451 g/mol. The lowest BCUT2D eigenvalue weighted by Gasteiger charge is -2.25. The van der Waals surface area contributed by atoms with Crippen molar-refractivity contribution in [2.45, 2.75) is 64.6 Å². The van der Waals surface area contributed by atoms with Crippen molar-refractivity contribution in [1.82, 2.24) is 20.9 Å². The molecule has 1 rings (SSSR count). The Morgan fingerprint density at radius 1 is 1.03 bits per heavy atom. The molecule has 0 fully saturated rings. The molecule has 0 aliphatic heterocycles. The Labute approximate surface area is 188 Å². The van der Waals surface area contributed by atoms with Gasteiger partial charge in [-0.2, -0.15) is 11.8 Å². The zero-order chi connectivity index (χ0) is 23.2. The van der Waals surface area contributed by atoms with Gasteiger partial charge in [-0.1, -0.05) is 27.2 Å². The fourth-order valence-corrected chi connectivity index (χ4v) is 3.56. The Balaban J connectivity index is 2.92. The quantitative estimate of drug-likeness (QED) is 0.349. The van der Waals surface area contributed by atoms with Crippen LogP contribution in [-0.4, -0.2) is 59.1 Å². The van der Waals surface area contributed by atoms with Crippen LogP contribution in [0.25, 0.3) is 0 Å². The van der Waals surface area contributed by atoms with Crippen molar-refractivity contribution >= 4 is 35.8 Å². The standard InChI is InChI=1S/C22H34N4O4S/c1-5-6-18(25-21(29)17(24-14-27)9-12-31-4)22(30)26-19(20(28)15(2)3)13-16-7-10-23-11-8-16/h7-8,10-11,14-15,17-19H,5-6,9,12-13H2,1-4H3,(H,24,27)(H,25,29)(H,26,30). The third-order valence-electron chi connectivity index (χ3n) is 4.82. The van der Waals surface area contributed by atoms with Gasteiger partial charge in [-0.25, -0.2) is 0 Å². The smallest absolute Gasteiger partial charge is 0.243 e. The molecule has 1 heterocycles. The van der Waals surface area contributed by atoms with Gasteiger partial charge < -0.3 is 16.0 Å². The molecule has 0 aliphatic carbocycles. The first-order valence-electron chi connectivity index (χ1n) is 10.6. The largest absolute Gasteiger partial charge is 0.347 e. The van der Waals surface area contributed by atoms with Gasteiger partial charge in [0.25, 0.3) is 0 Å². The normalized spacial score (nSPS) is 13.7. The van der Waals surface area contributed by atoms with E-state index in [0.29, 0.717) is 37.8 Å². The van der Waals surface area contributed by atoms with Gasteiger partial charge >= 0.3 is 0 Å². The number of carbonyl (C=O) groups is 4. The number of carbonyl (C=O) groups excluding carboxylic acids is 4. The highest BCUT2D eigenvalue weighted by molar-refractivity contribution is 7.98. The summed E-state index contributed by atoms with van der Waals surface area (Å²) in [5.74, 6) is -0.444. The highest BCUT2D eigenvalue weighted by atomic mass is 32.2. The maximum absolute atomic E-state index is 13.0. The number of ketones is 1. The summed E-state index contributed by atoms with van der Waals surface area (Å²) in [5, 5.41) is 8.09. The predicted molar refractivity (Wildman–Crippen MR) is 123 cm³/mol. The molecule has 8 nitrogen and oxygen atoms in total.